The molecule has 0 atom stereocenters. The van der Waals surface area contributed by atoms with E-state index in [1.165, 1.54) is 4.90 Å². The summed E-state index contributed by atoms with van der Waals surface area (Å²) in [5.74, 6) is -0.422. The number of para-hydroxylation sites is 2. The van der Waals surface area contributed by atoms with Gasteiger partial charge in [-0.25, -0.2) is 0 Å². The maximum absolute atomic E-state index is 12.4. The highest BCUT2D eigenvalue weighted by atomic mass is 16.5. The van der Waals surface area contributed by atoms with Crippen LogP contribution in [0.2, 0.25) is 0 Å². The van der Waals surface area contributed by atoms with Crippen molar-refractivity contribution < 1.29 is 14.1 Å². The van der Waals surface area contributed by atoms with Crippen molar-refractivity contribution in [2.45, 2.75) is 19.8 Å². The average Bonchev–Trinajstić information content (AvgIpc) is 3.05. The third-order valence-electron chi connectivity index (χ3n) is 4.25. The molecule has 0 aliphatic carbocycles. The lowest BCUT2D eigenvalue weighted by Crippen LogP contribution is -2.36. The van der Waals surface area contributed by atoms with Crippen LogP contribution in [0.15, 0.2) is 53.1 Å². The van der Waals surface area contributed by atoms with Crippen molar-refractivity contribution in [2.75, 3.05) is 18.9 Å². The number of hydrogen-bond acceptors (Lipinski definition) is 4. The van der Waals surface area contributed by atoms with Crippen molar-refractivity contribution in [1.82, 2.24) is 10.1 Å². The van der Waals surface area contributed by atoms with Crippen LogP contribution < -0.4 is 5.32 Å². The summed E-state index contributed by atoms with van der Waals surface area (Å²) in [6.07, 6.45) is 0.913. The van der Waals surface area contributed by atoms with E-state index in [2.05, 4.69) is 10.5 Å². The summed E-state index contributed by atoms with van der Waals surface area (Å²) in [6.45, 7) is 2.01. The Morgan fingerprint density at radius 2 is 1.85 bits per heavy atom. The first-order valence-electron chi connectivity index (χ1n) is 8.53. The molecule has 0 aliphatic rings. The first-order chi connectivity index (χ1) is 12.6. The summed E-state index contributed by atoms with van der Waals surface area (Å²) in [5, 5.41) is 7.65. The Morgan fingerprint density at radius 1 is 1.12 bits per heavy atom. The second-order valence-corrected chi connectivity index (χ2v) is 6.11. The number of likely N-dealkylation sites (N-methyl/N-ethyl adjacent to an activating group) is 1. The summed E-state index contributed by atoms with van der Waals surface area (Å²) in [7, 11) is 1.61. The van der Waals surface area contributed by atoms with Crippen LogP contribution in [-0.2, 0) is 22.4 Å². The Labute approximate surface area is 151 Å². The van der Waals surface area contributed by atoms with Gasteiger partial charge in [-0.1, -0.05) is 42.4 Å². The lowest BCUT2D eigenvalue weighted by molar-refractivity contribution is -0.132. The molecule has 1 N–H and O–H groups in total. The fourth-order valence-electron chi connectivity index (χ4n) is 2.79. The molecule has 26 heavy (non-hydrogen) atoms. The zero-order valence-corrected chi connectivity index (χ0v) is 14.9. The highest BCUT2D eigenvalue weighted by Crippen LogP contribution is 2.19. The standard InChI is InChI=1S/C20H21N3O3/c1-3-14-8-4-6-10-16(14)21-19(24)13-23(2)20(25)12-17-15-9-5-7-11-18(15)26-22-17/h4-11H,3,12-13H2,1-2H3,(H,21,24). The van der Waals surface area contributed by atoms with Gasteiger partial charge in [0.1, 0.15) is 5.69 Å². The van der Waals surface area contributed by atoms with Crippen molar-refractivity contribution in [3.8, 4) is 0 Å². The molecule has 134 valence electrons. The van der Waals surface area contributed by atoms with Gasteiger partial charge in [-0.15, -0.1) is 0 Å². The maximum Gasteiger partial charge on any atom is 0.243 e. The molecule has 0 spiro atoms. The largest absolute Gasteiger partial charge is 0.356 e. The van der Waals surface area contributed by atoms with E-state index in [0.717, 1.165) is 23.1 Å². The average molecular weight is 351 g/mol. The molecule has 6 nitrogen and oxygen atoms in total. The number of hydrogen-bond donors (Lipinski definition) is 1. The molecule has 0 unspecified atom stereocenters. The molecule has 0 fully saturated rings. The van der Waals surface area contributed by atoms with Gasteiger partial charge in [0.15, 0.2) is 5.58 Å². The maximum atomic E-state index is 12.4. The smallest absolute Gasteiger partial charge is 0.243 e. The van der Waals surface area contributed by atoms with Crippen molar-refractivity contribution in [3.05, 3.63) is 59.8 Å². The van der Waals surface area contributed by atoms with E-state index in [1.807, 2.05) is 49.4 Å². The number of aryl methyl sites for hydroxylation is 1. The third-order valence-corrected chi connectivity index (χ3v) is 4.25. The molecule has 0 saturated carbocycles. The fourth-order valence-corrected chi connectivity index (χ4v) is 2.79. The van der Waals surface area contributed by atoms with Gasteiger partial charge in [-0.2, -0.15) is 0 Å². The molecule has 2 aromatic carbocycles. The lowest BCUT2D eigenvalue weighted by atomic mass is 10.1. The summed E-state index contributed by atoms with van der Waals surface area (Å²) < 4.78 is 5.22. The van der Waals surface area contributed by atoms with E-state index in [0.29, 0.717) is 11.3 Å². The molecule has 0 bridgehead atoms. The molecule has 3 rings (SSSR count). The number of rotatable bonds is 6. The summed E-state index contributed by atoms with van der Waals surface area (Å²) in [6, 6.07) is 15.0. The molecule has 1 aromatic heterocycles. The van der Waals surface area contributed by atoms with E-state index in [1.54, 1.807) is 13.1 Å². The Balaban J connectivity index is 1.61. The lowest BCUT2D eigenvalue weighted by Gasteiger charge is -2.17. The van der Waals surface area contributed by atoms with Crippen LogP contribution in [0.4, 0.5) is 5.69 Å². The van der Waals surface area contributed by atoms with Crippen LogP contribution in [0.3, 0.4) is 0 Å². The predicted octanol–water partition coefficient (Wildman–Crippen LogP) is 3.03. The van der Waals surface area contributed by atoms with Crippen LogP contribution in [0, 0.1) is 0 Å². The first kappa shape index (κ1) is 17.7. The molecule has 3 aromatic rings. The molecular weight excluding hydrogens is 330 g/mol. The van der Waals surface area contributed by atoms with Gasteiger partial charge >= 0.3 is 0 Å². The number of benzene rings is 2. The van der Waals surface area contributed by atoms with Crippen LogP contribution in [0.1, 0.15) is 18.2 Å². The molecule has 6 heteroatoms. The van der Waals surface area contributed by atoms with Crippen molar-refractivity contribution in [2.24, 2.45) is 0 Å². The van der Waals surface area contributed by atoms with Gasteiger partial charge in [0.2, 0.25) is 11.8 Å². The number of nitrogens with zero attached hydrogens (tertiary/aromatic N) is 2. The number of aromatic nitrogens is 1. The topological polar surface area (TPSA) is 75.4 Å². The van der Waals surface area contributed by atoms with Gasteiger partial charge in [0, 0.05) is 18.1 Å². The Bertz CT molecular complexity index is 933. The quantitative estimate of drug-likeness (QED) is 0.741. The zero-order chi connectivity index (χ0) is 18.5. The zero-order valence-electron chi connectivity index (χ0n) is 14.9. The highest BCUT2D eigenvalue weighted by Gasteiger charge is 2.17. The molecule has 1 heterocycles. The minimum absolute atomic E-state index is 0.0212. The Hall–Kier alpha value is -3.15. The fraction of sp³-hybridized carbons (Fsp3) is 0.250. The van der Waals surface area contributed by atoms with E-state index >= 15 is 0 Å². The summed E-state index contributed by atoms with van der Waals surface area (Å²) >= 11 is 0. The SMILES string of the molecule is CCc1ccccc1NC(=O)CN(C)C(=O)Cc1noc2ccccc12. The molecular formula is C20H21N3O3. The minimum Gasteiger partial charge on any atom is -0.356 e. The second kappa shape index (κ2) is 7.82. The predicted molar refractivity (Wildman–Crippen MR) is 99.8 cm³/mol. The van der Waals surface area contributed by atoms with Gasteiger partial charge in [-0.05, 0) is 30.2 Å². The number of amides is 2. The van der Waals surface area contributed by atoms with Crippen LogP contribution in [0.25, 0.3) is 11.0 Å². The van der Waals surface area contributed by atoms with Crippen LogP contribution in [0.5, 0.6) is 0 Å². The van der Waals surface area contributed by atoms with E-state index in [-0.39, 0.29) is 24.8 Å². The molecule has 0 aliphatic heterocycles. The Kier molecular flexibility index (Phi) is 5.31. The first-order valence-corrected chi connectivity index (χ1v) is 8.53. The number of anilines is 1. The molecule has 0 radical (unpaired) electrons. The number of carbonyl (C=O) groups is 2. The number of carbonyl (C=O) groups excluding carboxylic acids is 2. The molecule has 0 saturated heterocycles. The van der Waals surface area contributed by atoms with Gasteiger partial charge < -0.3 is 14.7 Å². The van der Waals surface area contributed by atoms with E-state index < -0.39 is 0 Å². The highest BCUT2D eigenvalue weighted by molar-refractivity contribution is 5.95. The summed E-state index contributed by atoms with van der Waals surface area (Å²) in [5.41, 5.74) is 3.06. The van der Waals surface area contributed by atoms with Gasteiger partial charge in [0.05, 0.1) is 13.0 Å². The van der Waals surface area contributed by atoms with Crippen LogP contribution >= 0.6 is 0 Å². The van der Waals surface area contributed by atoms with Crippen molar-refractivity contribution in [1.29, 1.82) is 0 Å². The van der Waals surface area contributed by atoms with Gasteiger partial charge in [-0.3, -0.25) is 9.59 Å². The van der Waals surface area contributed by atoms with Crippen molar-refractivity contribution in [3.63, 3.8) is 0 Å². The van der Waals surface area contributed by atoms with Crippen molar-refractivity contribution >= 4 is 28.5 Å². The number of fused-ring (bicyclic) bond motifs is 1. The number of nitrogens with one attached hydrogen (secondary N) is 1. The van der Waals surface area contributed by atoms with E-state index in [9.17, 15) is 9.59 Å². The van der Waals surface area contributed by atoms with Crippen LogP contribution in [-0.4, -0.2) is 35.5 Å². The minimum atomic E-state index is -0.230. The normalized spacial score (nSPS) is 10.7. The third kappa shape index (κ3) is 3.91. The molecule has 2 amide bonds. The Morgan fingerprint density at radius 3 is 2.65 bits per heavy atom. The van der Waals surface area contributed by atoms with E-state index in [4.69, 9.17) is 4.52 Å². The monoisotopic (exact) mass is 351 g/mol. The summed E-state index contributed by atoms with van der Waals surface area (Å²) in [4.78, 5) is 26.1. The second-order valence-electron chi connectivity index (χ2n) is 6.11. The van der Waals surface area contributed by atoms with Gasteiger partial charge in [0.25, 0.3) is 0 Å².